The Balaban J connectivity index is 0.00000240. The molecule has 4 unspecified atom stereocenters. The third kappa shape index (κ3) is 4.61. The maximum Gasteiger partial charge on any atom is 0.168 e. The number of aliphatic hydroxyl groups excluding tert-OH is 1. The van der Waals surface area contributed by atoms with Crippen LogP contribution in [0.25, 0.3) is 0 Å². The summed E-state index contributed by atoms with van der Waals surface area (Å²) in [6.07, 6.45) is 2.56. The number of halogens is 1. The number of rotatable bonds is 6. The lowest BCUT2D eigenvalue weighted by Crippen LogP contribution is -2.44. The van der Waals surface area contributed by atoms with Crippen molar-refractivity contribution >= 4 is 29.5 Å². The van der Waals surface area contributed by atoms with Gasteiger partial charge in [0.2, 0.25) is 0 Å². The lowest BCUT2D eigenvalue weighted by Gasteiger charge is -2.26. The first-order valence-electron chi connectivity index (χ1n) is 9.91. The van der Waals surface area contributed by atoms with Crippen LogP contribution >= 0.6 is 23.7 Å². The monoisotopic (exact) mass is 437 g/mol. The Morgan fingerprint density at radius 2 is 1.97 bits per heavy atom. The van der Waals surface area contributed by atoms with Crippen molar-refractivity contribution in [1.82, 2.24) is 5.32 Å². The van der Waals surface area contributed by atoms with Crippen molar-refractivity contribution in [3.8, 4) is 11.5 Å². The summed E-state index contributed by atoms with van der Waals surface area (Å²) in [4.78, 5) is 15.2. The van der Waals surface area contributed by atoms with Crippen LogP contribution in [0.3, 0.4) is 0 Å². The molecule has 2 aliphatic rings. The minimum atomic E-state index is -0.609. The van der Waals surface area contributed by atoms with Gasteiger partial charge in [-0.3, -0.25) is 4.79 Å². The summed E-state index contributed by atoms with van der Waals surface area (Å²) in [7, 11) is 1.61. The average Bonchev–Trinajstić information content (AvgIpc) is 3.25. The third-order valence-corrected chi connectivity index (χ3v) is 6.93. The number of benzene rings is 1. The van der Waals surface area contributed by atoms with Gasteiger partial charge < -0.3 is 19.9 Å². The van der Waals surface area contributed by atoms with Crippen LogP contribution < -0.4 is 14.8 Å². The molecule has 0 bridgehead atoms. The number of ether oxygens (including phenoxy) is 2. The van der Waals surface area contributed by atoms with E-state index < -0.39 is 6.10 Å². The summed E-state index contributed by atoms with van der Waals surface area (Å²) in [6.45, 7) is 2.66. The molecular formula is C22H28ClNO4S. The smallest absolute Gasteiger partial charge is 0.168 e. The molecule has 1 aromatic heterocycles. The highest BCUT2D eigenvalue weighted by molar-refractivity contribution is 7.12. The number of methoxy groups -OCH3 is 1. The molecule has 29 heavy (non-hydrogen) atoms. The number of hydrogen-bond donors (Lipinski definition) is 2. The van der Waals surface area contributed by atoms with Gasteiger partial charge in [0.15, 0.2) is 17.3 Å². The summed E-state index contributed by atoms with van der Waals surface area (Å²) >= 11 is 1.74. The van der Waals surface area contributed by atoms with Gasteiger partial charge in [-0.15, -0.1) is 23.7 Å². The summed E-state index contributed by atoms with van der Waals surface area (Å²) in [5.74, 6) is 1.55. The van der Waals surface area contributed by atoms with E-state index in [1.165, 1.54) is 9.75 Å². The van der Waals surface area contributed by atoms with E-state index in [1.807, 2.05) is 30.3 Å². The van der Waals surface area contributed by atoms with Crippen LogP contribution in [0, 0.1) is 12.8 Å². The molecule has 1 fully saturated rings. The van der Waals surface area contributed by atoms with Gasteiger partial charge in [-0.05, 0) is 50.8 Å². The van der Waals surface area contributed by atoms with Crippen LogP contribution in [0.15, 0.2) is 30.3 Å². The van der Waals surface area contributed by atoms with Gasteiger partial charge in [0.1, 0.15) is 12.2 Å². The Kier molecular flexibility index (Phi) is 7.22. The van der Waals surface area contributed by atoms with Gasteiger partial charge >= 0.3 is 0 Å². The number of aryl methyl sites for hydroxylation is 2. The third-order valence-electron chi connectivity index (χ3n) is 5.82. The first kappa shape index (κ1) is 22.1. The molecule has 0 spiro atoms. The Bertz CT molecular complexity index is 855. The molecule has 158 valence electrons. The Morgan fingerprint density at radius 1 is 1.21 bits per heavy atom. The van der Waals surface area contributed by atoms with Gasteiger partial charge in [-0.1, -0.05) is 12.1 Å². The second kappa shape index (κ2) is 9.47. The minimum Gasteiger partial charge on any atom is -0.493 e. The second-order valence-corrected chi connectivity index (χ2v) is 9.02. The predicted octanol–water partition coefficient (Wildman–Crippen LogP) is 3.79. The fourth-order valence-electron chi connectivity index (χ4n) is 4.28. The minimum absolute atomic E-state index is 0. The van der Waals surface area contributed by atoms with Gasteiger partial charge in [0.05, 0.1) is 7.11 Å². The van der Waals surface area contributed by atoms with Crippen LogP contribution in [0.4, 0.5) is 0 Å². The fraction of sp³-hybridized carbons (Fsp3) is 0.500. The molecule has 1 aromatic carbocycles. The van der Waals surface area contributed by atoms with E-state index >= 15 is 0 Å². The number of carbonyl (C=O) groups is 1. The van der Waals surface area contributed by atoms with E-state index in [2.05, 4.69) is 12.2 Å². The van der Waals surface area contributed by atoms with Crippen molar-refractivity contribution in [2.24, 2.45) is 5.92 Å². The number of nitrogens with one attached hydrogen (secondary N) is 1. The first-order chi connectivity index (χ1) is 13.6. The number of aliphatic hydroxyl groups is 1. The van der Waals surface area contributed by atoms with Crippen LogP contribution in [0.5, 0.6) is 11.5 Å². The number of fused-ring (bicyclic) bond motifs is 1. The van der Waals surface area contributed by atoms with Gasteiger partial charge in [0, 0.05) is 33.8 Å². The number of thiophene rings is 1. The van der Waals surface area contributed by atoms with Crippen molar-refractivity contribution in [2.45, 2.75) is 50.9 Å². The molecule has 0 aliphatic heterocycles. The zero-order valence-electron chi connectivity index (χ0n) is 16.7. The van der Waals surface area contributed by atoms with E-state index in [1.54, 1.807) is 18.4 Å². The summed E-state index contributed by atoms with van der Waals surface area (Å²) in [5, 5.41) is 14.2. The SMILES string of the molecule is COc1ccccc1OC1CCC(NCC2CCc3sc(C)cc3C2=O)C1O.Cl. The Morgan fingerprint density at radius 3 is 2.72 bits per heavy atom. The zero-order valence-corrected chi connectivity index (χ0v) is 18.4. The predicted molar refractivity (Wildman–Crippen MR) is 117 cm³/mol. The molecule has 1 saturated carbocycles. The standard InChI is InChI=1S/C22H27NO4S.ClH/c1-13-11-15-20(28-13)10-7-14(21(15)24)12-23-16-8-9-19(22(16)25)27-18-6-4-3-5-17(18)26-2;/h3-6,11,14,16,19,22-23,25H,7-10,12H2,1-2H3;1H. The summed E-state index contributed by atoms with van der Waals surface area (Å²) in [5.41, 5.74) is 0.907. The highest BCUT2D eigenvalue weighted by Crippen LogP contribution is 2.33. The van der Waals surface area contributed by atoms with Gasteiger partial charge in [-0.25, -0.2) is 0 Å². The molecular weight excluding hydrogens is 410 g/mol. The van der Waals surface area contributed by atoms with E-state index in [4.69, 9.17) is 9.47 Å². The Hall–Kier alpha value is -1.60. The lowest BCUT2D eigenvalue weighted by atomic mass is 9.87. The lowest BCUT2D eigenvalue weighted by molar-refractivity contribution is 0.0427. The normalized spacial score (nSPS) is 26.0. The van der Waals surface area contributed by atoms with E-state index in [9.17, 15) is 9.90 Å². The Labute approximate surface area is 181 Å². The van der Waals surface area contributed by atoms with Crippen molar-refractivity contribution in [1.29, 1.82) is 0 Å². The average molecular weight is 438 g/mol. The van der Waals surface area contributed by atoms with Gasteiger partial charge in [-0.2, -0.15) is 0 Å². The fourth-order valence-corrected chi connectivity index (χ4v) is 5.33. The molecule has 4 atom stereocenters. The number of carbonyl (C=O) groups excluding carboxylic acids is 1. The van der Waals surface area contributed by atoms with E-state index in [0.717, 1.165) is 31.2 Å². The summed E-state index contributed by atoms with van der Waals surface area (Å²) < 4.78 is 11.3. The molecule has 4 rings (SSSR count). The van der Waals surface area contributed by atoms with Crippen molar-refractivity contribution in [2.75, 3.05) is 13.7 Å². The first-order valence-corrected chi connectivity index (χ1v) is 10.7. The van der Waals surface area contributed by atoms with Crippen molar-refractivity contribution < 1.29 is 19.4 Å². The zero-order chi connectivity index (χ0) is 19.7. The van der Waals surface area contributed by atoms with Crippen LogP contribution in [0.2, 0.25) is 0 Å². The van der Waals surface area contributed by atoms with Crippen molar-refractivity contribution in [3.05, 3.63) is 45.6 Å². The maximum absolute atomic E-state index is 12.8. The summed E-state index contributed by atoms with van der Waals surface area (Å²) in [6, 6.07) is 9.45. The van der Waals surface area contributed by atoms with Gasteiger partial charge in [0.25, 0.3) is 0 Å². The van der Waals surface area contributed by atoms with Crippen LogP contribution in [0.1, 0.15) is 39.4 Å². The molecule has 0 radical (unpaired) electrons. The molecule has 5 nitrogen and oxygen atoms in total. The molecule has 0 saturated heterocycles. The second-order valence-electron chi connectivity index (χ2n) is 7.68. The number of para-hydroxylation sites is 2. The highest BCUT2D eigenvalue weighted by Gasteiger charge is 2.38. The van der Waals surface area contributed by atoms with E-state index in [0.29, 0.717) is 18.0 Å². The molecule has 2 N–H and O–H groups in total. The molecule has 2 aromatic rings. The number of Topliss-reactive ketones (excluding diaryl/α,β-unsaturated/α-hetero) is 1. The van der Waals surface area contributed by atoms with E-state index in [-0.39, 0.29) is 36.3 Å². The maximum atomic E-state index is 12.8. The molecule has 2 aliphatic carbocycles. The molecule has 0 amide bonds. The number of hydrogen-bond acceptors (Lipinski definition) is 6. The molecule has 1 heterocycles. The topological polar surface area (TPSA) is 67.8 Å². The highest BCUT2D eigenvalue weighted by atomic mass is 35.5. The van der Waals surface area contributed by atoms with Crippen LogP contribution in [-0.2, 0) is 6.42 Å². The largest absolute Gasteiger partial charge is 0.493 e. The number of ketones is 1. The quantitative estimate of drug-likeness (QED) is 0.719. The van der Waals surface area contributed by atoms with Crippen molar-refractivity contribution in [3.63, 3.8) is 0 Å². The van der Waals surface area contributed by atoms with Crippen LogP contribution in [-0.4, -0.2) is 42.8 Å². The molecule has 7 heteroatoms.